The van der Waals surface area contributed by atoms with Gasteiger partial charge in [0.1, 0.15) is 0 Å². The number of nitrogens with one attached hydrogen (secondary N) is 1. The van der Waals surface area contributed by atoms with E-state index in [4.69, 9.17) is 4.42 Å². The first-order valence-electron chi connectivity index (χ1n) is 7.69. The first-order chi connectivity index (χ1) is 11.6. The molecule has 3 rings (SSSR count). The van der Waals surface area contributed by atoms with Gasteiger partial charge in [0, 0.05) is 11.1 Å². The fraction of sp³-hybridized carbons (Fsp3) is 0.100. The average Bonchev–Trinajstić information content (AvgIpc) is 3.17. The van der Waals surface area contributed by atoms with Crippen LogP contribution in [0, 0.1) is 0 Å². The van der Waals surface area contributed by atoms with Crippen molar-refractivity contribution < 1.29 is 14.0 Å². The fourth-order valence-electron chi connectivity index (χ4n) is 2.46. The third-order valence-corrected chi connectivity index (χ3v) is 3.78. The van der Waals surface area contributed by atoms with Gasteiger partial charge in [0.15, 0.2) is 11.5 Å². The summed E-state index contributed by atoms with van der Waals surface area (Å²) in [5, 5.41) is 2.86. The molecule has 3 aromatic rings. The molecule has 0 saturated carbocycles. The van der Waals surface area contributed by atoms with Gasteiger partial charge in [-0.2, -0.15) is 0 Å². The van der Waals surface area contributed by atoms with E-state index >= 15 is 0 Å². The van der Waals surface area contributed by atoms with Crippen molar-refractivity contribution in [1.29, 1.82) is 0 Å². The van der Waals surface area contributed by atoms with E-state index in [0.717, 1.165) is 5.56 Å². The SMILES string of the molecule is CC(NC(=O)c1ccco1)c1cccc(C(=O)c2ccccc2)c1. The average molecular weight is 319 g/mol. The van der Waals surface area contributed by atoms with Crippen LogP contribution < -0.4 is 5.32 Å². The second-order valence-electron chi connectivity index (χ2n) is 5.49. The molecule has 0 radical (unpaired) electrons. The zero-order valence-electron chi connectivity index (χ0n) is 13.2. The number of benzene rings is 2. The summed E-state index contributed by atoms with van der Waals surface area (Å²) < 4.78 is 5.09. The van der Waals surface area contributed by atoms with Crippen LogP contribution in [-0.4, -0.2) is 11.7 Å². The number of furan rings is 1. The minimum atomic E-state index is -0.285. The molecule has 1 amide bonds. The Hall–Kier alpha value is -3.14. The maximum atomic E-state index is 12.5. The molecular weight excluding hydrogens is 302 g/mol. The largest absolute Gasteiger partial charge is 0.459 e. The van der Waals surface area contributed by atoms with Crippen LogP contribution in [0.2, 0.25) is 0 Å². The highest BCUT2D eigenvalue weighted by molar-refractivity contribution is 6.09. The molecule has 0 aliphatic carbocycles. The van der Waals surface area contributed by atoms with Crippen molar-refractivity contribution in [2.45, 2.75) is 13.0 Å². The normalized spacial score (nSPS) is 11.7. The topological polar surface area (TPSA) is 59.3 Å². The quantitative estimate of drug-likeness (QED) is 0.723. The summed E-state index contributed by atoms with van der Waals surface area (Å²) in [6.45, 7) is 1.87. The number of rotatable bonds is 5. The lowest BCUT2D eigenvalue weighted by atomic mass is 9.99. The maximum absolute atomic E-state index is 12.5. The van der Waals surface area contributed by atoms with Crippen LogP contribution in [0.25, 0.3) is 0 Å². The van der Waals surface area contributed by atoms with Gasteiger partial charge in [-0.3, -0.25) is 9.59 Å². The van der Waals surface area contributed by atoms with E-state index < -0.39 is 0 Å². The molecule has 0 bridgehead atoms. The zero-order chi connectivity index (χ0) is 16.9. The zero-order valence-corrected chi connectivity index (χ0v) is 13.2. The molecule has 0 spiro atoms. The Morgan fingerprint density at radius 3 is 2.38 bits per heavy atom. The molecule has 0 fully saturated rings. The van der Waals surface area contributed by atoms with Crippen LogP contribution in [0.4, 0.5) is 0 Å². The molecule has 1 heterocycles. The Morgan fingerprint density at radius 2 is 1.67 bits per heavy atom. The Labute approximate surface area is 140 Å². The summed E-state index contributed by atoms with van der Waals surface area (Å²) in [7, 11) is 0. The summed E-state index contributed by atoms with van der Waals surface area (Å²) >= 11 is 0. The first kappa shape index (κ1) is 15.7. The van der Waals surface area contributed by atoms with Crippen molar-refractivity contribution >= 4 is 11.7 Å². The highest BCUT2D eigenvalue weighted by Gasteiger charge is 2.15. The van der Waals surface area contributed by atoms with Crippen LogP contribution in [0.3, 0.4) is 0 Å². The number of amides is 1. The number of ketones is 1. The number of hydrogen-bond donors (Lipinski definition) is 1. The lowest BCUT2D eigenvalue weighted by Gasteiger charge is -2.14. The standard InChI is InChI=1S/C20H17NO3/c1-14(21-20(23)18-11-6-12-24-18)16-9-5-10-17(13-16)19(22)15-7-3-2-4-8-15/h2-14H,1H3,(H,21,23). The van der Waals surface area contributed by atoms with Gasteiger partial charge in [-0.1, -0.05) is 48.5 Å². The van der Waals surface area contributed by atoms with Gasteiger partial charge < -0.3 is 9.73 Å². The molecule has 1 atom stereocenters. The van der Waals surface area contributed by atoms with Crippen LogP contribution in [0.1, 0.15) is 45.0 Å². The third-order valence-electron chi connectivity index (χ3n) is 3.78. The minimum Gasteiger partial charge on any atom is -0.459 e. The summed E-state index contributed by atoms with van der Waals surface area (Å²) in [4.78, 5) is 24.6. The highest BCUT2D eigenvalue weighted by atomic mass is 16.3. The summed E-state index contributed by atoms with van der Waals surface area (Å²) in [6.07, 6.45) is 1.46. The third kappa shape index (κ3) is 3.43. The molecule has 2 aromatic carbocycles. The highest BCUT2D eigenvalue weighted by Crippen LogP contribution is 2.17. The van der Waals surface area contributed by atoms with Gasteiger partial charge in [-0.25, -0.2) is 0 Å². The van der Waals surface area contributed by atoms with Gasteiger partial charge in [0.2, 0.25) is 0 Å². The molecular formula is C20H17NO3. The molecule has 1 unspecified atom stereocenters. The lowest BCUT2D eigenvalue weighted by Crippen LogP contribution is -2.26. The van der Waals surface area contributed by atoms with Crippen LogP contribution in [-0.2, 0) is 0 Å². The van der Waals surface area contributed by atoms with E-state index in [-0.39, 0.29) is 23.5 Å². The van der Waals surface area contributed by atoms with Crippen LogP contribution in [0.5, 0.6) is 0 Å². The van der Waals surface area contributed by atoms with Gasteiger partial charge >= 0.3 is 0 Å². The van der Waals surface area contributed by atoms with Crippen molar-refractivity contribution in [2.75, 3.05) is 0 Å². The molecule has 0 saturated heterocycles. The monoisotopic (exact) mass is 319 g/mol. The summed E-state index contributed by atoms with van der Waals surface area (Å²) in [5.41, 5.74) is 2.09. The van der Waals surface area contributed by atoms with Crippen molar-refractivity contribution in [3.8, 4) is 0 Å². The van der Waals surface area contributed by atoms with Crippen molar-refractivity contribution in [1.82, 2.24) is 5.32 Å². The molecule has 24 heavy (non-hydrogen) atoms. The predicted molar refractivity (Wildman–Crippen MR) is 90.9 cm³/mol. The molecule has 4 nitrogen and oxygen atoms in total. The number of carbonyl (C=O) groups excluding carboxylic acids is 2. The first-order valence-corrected chi connectivity index (χ1v) is 7.69. The Bertz CT molecular complexity index is 838. The smallest absolute Gasteiger partial charge is 0.287 e. The molecule has 120 valence electrons. The lowest BCUT2D eigenvalue weighted by molar-refractivity contribution is 0.0911. The van der Waals surface area contributed by atoms with E-state index in [1.54, 1.807) is 30.3 Å². The van der Waals surface area contributed by atoms with E-state index in [1.807, 2.05) is 43.3 Å². The molecule has 1 N–H and O–H groups in total. The molecule has 4 heteroatoms. The van der Waals surface area contributed by atoms with Gasteiger partial charge in [-0.05, 0) is 30.7 Å². The van der Waals surface area contributed by atoms with Gasteiger partial charge in [0.25, 0.3) is 5.91 Å². The second kappa shape index (κ2) is 6.96. The van der Waals surface area contributed by atoms with Gasteiger partial charge in [-0.15, -0.1) is 0 Å². The summed E-state index contributed by atoms with van der Waals surface area (Å²) in [5.74, 6) is -0.0623. The molecule has 0 aliphatic rings. The van der Waals surface area contributed by atoms with Crippen molar-refractivity contribution in [3.63, 3.8) is 0 Å². The Kier molecular flexibility index (Phi) is 4.57. The van der Waals surface area contributed by atoms with E-state index in [2.05, 4.69) is 5.32 Å². The van der Waals surface area contributed by atoms with E-state index in [0.29, 0.717) is 11.1 Å². The van der Waals surface area contributed by atoms with Gasteiger partial charge in [0.05, 0.1) is 12.3 Å². The van der Waals surface area contributed by atoms with Crippen LogP contribution >= 0.6 is 0 Å². The summed E-state index contributed by atoms with van der Waals surface area (Å²) in [6, 6.07) is 19.4. The number of carbonyl (C=O) groups is 2. The minimum absolute atomic E-state index is 0.0398. The number of hydrogen-bond acceptors (Lipinski definition) is 3. The molecule has 0 aliphatic heterocycles. The predicted octanol–water partition coefficient (Wildman–Crippen LogP) is 4.00. The fourth-order valence-corrected chi connectivity index (χ4v) is 2.46. The second-order valence-corrected chi connectivity index (χ2v) is 5.49. The van der Waals surface area contributed by atoms with Crippen LogP contribution in [0.15, 0.2) is 77.4 Å². The Morgan fingerprint density at radius 1 is 0.917 bits per heavy atom. The van der Waals surface area contributed by atoms with E-state index in [9.17, 15) is 9.59 Å². The van der Waals surface area contributed by atoms with E-state index in [1.165, 1.54) is 6.26 Å². The Balaban J connectivity index is 1.77. The maximum Gasteiger partial charge on any atom is 0.287 e. The molecule has 1 aromatic heterocycles. The van der Waals surface area contributed by atoms with Crippen molar-refractivity contribution in [2.24, 2.45) is 0 Å². The van der Waals surface area contributed by atoms with Crippen molar-refractivity contribution in [3.05, 3.63) is 95.4 Å².